The van der Waals surface area contributed by atoms with E-state index in [0.717, 1.165) is 47.1 Å². The zero-order valence-electron chi connectivity index (χ0n) is 49.6. The third-order valence-corrected chi connectivity index (χ3v) is 15.3. The van der Waals surface area contributed by atoms with Crippen LogP contribution in [0.5, 0.6) is 11.5 Å². The molecule has 8 rings (SSSR count). The highest BCUT2D eigenvalue weighted by atomic mass is 16.6. The van der Waals surface area contributed by atoms with Gasteiger partial charge in [0.05, 0.1) is 96.1 Å². The number of aryl methyl sites for hydroxylation is 1. The Morgan fingerprint density at radius 1 is 0.753 bits per heavy atom. The lowest BCUT2D eigenvalue weighted by Crippen LogP contribution is -2.62. The van der Waals surface area contributed by atoms with Crippen LogP contribution in [0.25, 0.3) is 22.4 Å². The van der Waals surface area contributed by atoms with Crippen LogP contribution in [0.4, 0.5) is 5.82 Å². The smallest absolute Gasteiger partial charge is 0.251 e. The highest BCUT2D eigenvalue weighted by Crippen LogP contribution is 2.35. The Kier molecular flexibility index (Phi) is 23.0. The normalized spacial score (nSPS) is 15.9. The molecule has 4 amide bonds. The van der Waals surface area contributed by atoms with E-state index in [9.17, 15) is 24.3 Å². The second kappa shape index (κ2) is 30.8. The van der Waals surface area contributed by atoms with Gasteiger partial charge in [-0.05, 0) is 116 Å². The molecule has 5 atom stereocenters. The summed E-state index contributed by atoms with van der Waals surface area (Å²) in [4.78, 5) is 56.7. The summed E-state index contributed by atoms with van der Waals surface area (Å²) in [6.45, 7) is 14.1. The summed E-state index contributed by atoms with van der Waals surface area (Å²) >= 11 is 0. The lowest BCUT2D eigenvalue weighted by Gasteiger charge is -2.41. The third-order valence-electron chi connectivity index (χ3n) is 15.3. The molecular formula is C64H82N10O11. The molecule has 6 aromatic rings. The number of carbonyl (C=O) groups is 4. The molecule has 4 aromatic carbocycles. The van der Waals surface area contributed by atoms with E-state index in [0.29, 0.717) is 114 Å². The maximum atomic E-state index is 14.7. The van der Waals surface area contributed by atoms with Crippen molar-refractivity contribution in [3.63, 3.8) is 0 Å². The fourth-order valence-corrected chi connectivity index (χ4v) is 10.2. The van der Waals surface area contributed by atoms with E-state index in [4.69, 9.17) is 34.2 Å². The van der Waals surface area contributed by atoms with Crippen LogP contribution in [0.15, 0.2) is 109 Å². The van der Waals surface area contributed by atoms with Gasteiger partial charge in [-0.15, -0.1) is 10.2 Å². The number of nitrogens with zero attached hydrogens (tertiary/aromatic N) is 5. The Bertz CT molecular complexity index is 3170. The number of ether oxygens (including phenoxy) is 6. The summed E-state index contributed by atoms with van der Waals surface area (Å²) in [5.41, 5.74) is 13.7. The van der Waals surface area contributed by atoms with Crippen molar-refractivity contribution in [2.75, 3.05) is 92.0 Å². The number of phenolic OH excluding ortho intramolecular Hbond substituents is 1. The number of hydrogen-bond acceptors (Lipinski definition) is 16. The molecule has 1 aliphatic carbocycles. The Hall–Kier alpha value is -7.79. The average molecular weight is 1170 g/mol. The first-order valence-corrected chi connectivity index (χ1v) is 29.2. The Morgan fingerprint density at radius 3 is 2.09 bits per heavy atom. The summed E-state index contributed by atoms with van der Waals surface area (Å²) in [5, 5.41) is 35.3. The topological polar surface area (TPSA) is 265 Å². The molecule has 0 saturated heterocycles. The van der Waals surface area contributed by atoms with Gasteiger partial charge in [-0.25, -0.2) is 0 Å². The largest absolute Gasteiger partial charge is 0.507 e. The summed E-state index contributed by atoms with van der Waals surface area (Å²) in [6, 6.07) is 27.6. The first-order valence-electron chi connectivity index (χ1n) is 29.2. The van der Waals surface area contributed by atoms with Crippen molar-refractivity contribution in [3.8, 4) is 33.9 Å². The van der Waals surface area contributed by atoms with Gasteiger partial charge >= 0.3 is 0 Å². The first kappa shape index (κ1) is 63.2. The summed E-state index contributed by atoms with van der Waals surface area (Å²) in [7, 11) is 1.70. The van der Waals surface area contributed by atoms with Crippen molar-refractivity contribution in [2.24, 2.45) is 5.41 Å². The number of amides is 4. The summed E-state index contributed by atoms with van der Waals surface area (Å²) < 4.78 is 36.2. The van der Waals surface area contributed by atoms with Crippen molar-refractivity contribution in [1.29, 1.82) is 0 Å². The quantitative estimate of drug-likeness (QED) is 0.0267. The average Bonchev–Trinajstić information content (AvgIpc) is 3.89. The second-order valence-electron chi connectivity index (χ2n) is 22.3. The maximum absolute atomic E-state index is 14.7. The maximum Gasteiger partial charge on any atom is 0.251 e. The number of para-hydroxylation sites is 1. The predicted molar refractivity (Wildman–Crippen MR) is 322 cm³/mol. The number of benzene rings is 4. The van der Waals surface area contributed by atoms with Crippen molar-refractivity contribution in [1.82, 2.24) is 46.1 Å². The van der Waals surface area contributed by atoms with Gasteiger partial charge in [0.1, 0.15) is 30.2 Å². The van der Waals surface area contributed by atoms with Crippen LogP contribution >= 0.6 is 0 Å². The first-order chi connectivity index (χ1) is 41.1. The fraction of sp³-hybridized carbons (Fsp3) is 0.453. The van der Waals surface area contributed by atoms with Crippen LogP contribution in [0.1, 0.15) is 97.7 Å². The highest BCUT2D eigenvalue weighted by molar-refractivity contribution is 5.95. The van der Waals surface area contributed by atoms with Crippen LogP contribution in [0.2, 0.25) is 0 Å². The number of fused-ring (bicyclic) bond motifs is 2. The van der Waals surface area contributed by atoms with Gasteiger partial charge in [0.15, 0.2) is 5.82 Å². The Balaban J connectivity index is 0.662. The van der Waals surface area contributed by atoms with Crippen LogP contribution in [-0.4, -0.2) is 158 Å². The number of aromatic nitrogens is 4. The van der Waals surface area contributed by atoms with Crippen molar-refractivity contribution < 1.29 is 52.7 Å². The zero-order valence-corrected chi connectivity index (χ0v) is 49.6. The van der Waals surface area contributed by atoms with Gasteiger partial charge in [-0.1, -0.05) is 75.4 Å². The molecule has 0 saturated carbocycles. The zero-order chi connectivity index (χ0) is 60.3. The lowest BCUT2D eigenvalue weighted by molar-refractivity contribution is -0.147. The number of anilines is 1. The van der Waals surface area contributed by atoms with E-state index < -0.39 is 23.5 Å². The van der Waals surface area contributed by atoms with Crippen LogP contribution in [0, 0.1) is 5.41 Å². The van der Waals surface area contributed by atoms with Gasteiger partial charge in [0.25, 0.3) is 5.91 Å². The number of likely N-dealkylation sites (N-methyl/N-ethyl adjacent to an activating group) is 1. The number of nitrogens with two attached hydrogens (primary N) is 1. The number of carbonyl (C=O) groups excluding carboxylic acids is 4. The second-order valence-corrected chi connectivity index (χ2v) is 22.3. The summed E-state index contributed by atoms with van der Waals surface area (Å²) in [6.07, 6.45) is 6.64. The minimum absolute atomic E-state index is 0.0965. The van der Waals surface area contributed by atoms with Gasteiger partial charge in [0.2, 0.25) is 17.7 Å². The molecular weight excluding hydrogens is 1080 g/mol. The molecule has 2 aliphatic rings. The van der Waals surface area contributed by atoms with Crippen LogP contribution in [0.3, 0.4) is 0 Å². The number of rotatable bonds is 30. The number of nitrogen functional groups attached to an aromatic ring is 1. The molecule has 1 aliphatic heterocycles. The minimum atomic E-state index is -0.881. The van der Waals surface area contributed by atoms with Gasteiger partial charge < -0.3 is 65.4 Å². The highest BCUT2D eigenvalue weighted by Gasteiger charge is 2.43. The predicted octanol–water partition coefficient (Wildman–Crippen LogP) is 6.38. The van der Waals surface area contributed by atoms with Crippen molar-refractivity contribution >= 4 is 29.4 Å². The standard InChI is InChI=1S/C64H82N10O11/c1-42(66-6)60(76)70-58(64(3,4)5)63(79)73-40-48-36-50(23-22-47(48)37-56(73)62(78)69-54-16-11-13-45-12-7-8-14-51(45)54)85-35-34-84-33-32-83-31-30-82-29-28-81-27-26-80-25-24-67-61(77)46-20-18-44(19-21-46)43(2)74-41-49(39-68-74)53-38-55(71-72-59(53)65)52-15-9-10-17-57(52)75/h7-10,12,14-15,17-23,36,38-39,41-43,54,56,58,66,75H,11,13,16,24-35,37,40H2,1-6H3,(H2,65,72)(H,67,77)(H,69,78)(H,70,76)/t42-,43?,54+,56-,58+/m0/s1. The van der Waals surface area contributed by atoms with Crippen LogP contribution < -0.4 is 31.7 Å². The molecule has 0 spiro atoms. The molecule has 21 nitrogen and oxygen atoms in total. The van der Waals surface area contributed by atoms with Gasteiger partial charge in [-0.3, -0.25) is 23.9 Å². The molecule has 454 valence electrons. The van der Waals surface area contributed by atoms with E-state index in [1.54, 1.807) is 61.5 Å². The number of phenols is 1. The minimum Gasteiger partial charge on any atom is -0.507 e. The molecule has 1 unspecified atom stereocenters. The Morgan fingerprint density at radius 2 is 1.41 bits per heavy atom. The van der Waals surface area contributed by atoms with Gasteiger partial charge in [0, 0.05) is 48.0 Å². The van der Waals surface area contributed by atoms with E-state index >= 15 is 0 Å². The summed E-state index contributed by atoms with van der Waals surface area (Å²) in [5.74, 6) is -0.0666. The molecule has 21 heteroatoms. The van der Waals surface area contributed by atoms with Gasteiger partial charge in [-0.2, -0.15) is 5.10 Å². The SMILES string of the molecule is CN[C@@H](C)C(=O)N[C@H](C(=O)N1Cc2cc(OCCOCCOCCOCCOCCOCCNC(=O)c3ccc(C(C)n4cc(-c5cc(-c6ccccc6O)nnc5N)cn4)cc3)ccc2C[C@H]1C(=O)N[C@@H]1CCCc2ccccc21)C(C)(C)C. The molecule has 3 heterocycles. The van der Waals surface area contributed by atoms with E-state index in [2.05, 4.69) is 48.7 Å². The number of aromatic hydroxyl groups is 1. The lowest BCUT2D eigenvalue weighted by atomic mass is 9.83. The number of hydrogen-bond donors (Lipinski definition) is 6. The van der Waals surface area contributed by atoms with E-state index in [1.165, 1.54) is 5.56 Å². The molecule has 0 fully saturated rings. The van der Waals surface area contributed by atoms with E-state index in [-0.39, 0.29) is 53.8 Å². The molecule has 0 bridgehead atoms. The fourth-order valence-electron chi connectivity index (χ4n) is 10.2. The molecule has 85 heavy (non-hydrogen) atoms. The molecule has 0 radical (unpaired) electrons. The molecule has 2 aromatic heterocycles. The molecule has 7 N–H and O–H groups in total. The Labute approximate surface area is 497 Å². The van der Waals surface area contributed by atoms with E-state index in [1.807, 2.05) is 87.1 Å². The monoisotopic (exact) mass is 1170 g/mol. The third kappa shape index (κ3) is 17.4. The van der Waals surface area contributed by atoms with Crippen molar-refractivity contribution in [3.05, 3.63) is 143 Å². The van der Waals surface area contributed by atoms with Crippen molar-refractivity contribution in [2.45, 2.75) is 97.1 Å². The van der Waals surface area contributed by atoms with Crippen LogP contribution in [-0.2, 0) is 57.5 Å². The number of nitrogens with one attached hydrogen (secondary N) is 4.